The van der Waals surface area contributed by atoms with Crippen molar-refractivity contribution in [2.45, 2.75) is 13.3 Å². The van der Waals surface area contributed by atoms with Crippen molar-refractivity contribution < 1.29 is 0 Å². The van der Waals surface area contributed by atoms with E-state index in [-0.39, 0.29) is 0 Å². The first-order valence-corrected chi connectivity index (χ1v) is 2.49. The number of rotatable bonds is 0. The van der Waals surface area contributed by atoms with Gasteiger partial charge in [-0.1, -0.05) is 12.5 Å². The van der Waals surface area contributed by atoms with Crippen LogP contribution in [0.2, 0.25) is 0 Å². The SMILES string of the molecule is B/C=C1\CC1C. The Morgan fingerprint density at radius 2 is 2.50 bits per heavy atom. The van der Waals surface area contributed by atoms with Gasteiger partial charge in [0.15, 0.2) is 0 Å². The average Bonchev–Trinajstić information content (AvgIpc) is 2.19. The highest BCUT2D eigenvalue weighted by molar-refractivity contribution is 6.17. The molecule has 1 atom stereocenters. The van der Waals surface area contributed by atoms with Crippen molar-refractivity contribution in [3.8, 4) is 0 Å². The van der Waals surface area contributed by atoms with Gasteiger partial charge in [-0.25, -0.2) is 0 Å². The first-order chi connectivity index (χ1) is 2.84. The van der Waals surface area contributed by atoms with Crippen LogP contribution in [0.15, 0.2) is 11.5 Å². The van der Waals surface area contributed by atoms with Gasteiger partial charge in [-0.2, -0.15) is 0 Å². The molecule has 6 heavy (non-hydrogen) atoms. The number of hydrogen-bond acceptors (Lipinski definition) is 0. The zero-order chi connectivity index (χ0) is 4.57. The maximum absolute atomic E-state index is 2.26. The van der Waals surface area contributed by atoms with Gasteiger partial charge < -0.3 is 0 Å². The molecule has 0 radical (unpaired) electrons. The highest BCUT2D eigenvalue weighted by Crippen LogP contribution is 2.35. The summed E-state index contributed by atoms with van der Waals surface area (Å²) in [6, 6.07) is 0. The third kappa shape index (κ3) is 0.491. The first kappa shape index (κ1) is 3.98. The van der Waals surface area contributed by atoms with Crippen molar-refractivity contribution in [3.63, 3.8) is 0 Å². The summed E-state index contributed by atoms with van der Waals surface area (Å²) in [6.45, 7) is 2.26. The fourth-order valence-corrected chi connectivity index (χ4v) is 0.697. The lowest BCUT2D eigenvalue weighted by molar-refractivity contribution is 1.02. The molecule has 0 bridgehead atoms. The molecular weight excluding hydrogens is 70.9 g/mol. The molecule has 1 aliphatic carbocycles. The minimum absolute atomic E-state index is 0.926. The van der Waals surface area contributed by atoms with Crippen LogP contribution in [0.5, 0.6) is 0 Å². The Hall–Kier alpha value is -0.195. The molecule has 0 spiro atoms. The Morgan fingerprint density at radius 1 is 2.00 bits per heavy atom. The molecule has 0 aromatic rings. The molecule has 1 fully saturated rings. The van der Waals surface area contributed by atoms with Crippen LogP contribution in [-0.2, 0) is 0 Å². The number of allylic oxidation sites excluding steroid dienone is 1. The van der Waals surface area contributed by atoms with E-state index in [0.29, 0.717) is 0 Å². The van der Waals surface area contributed by atoms with Crippen LogP contribution in [0.3, 0.4) is 0 Å². The number of hydrogen-bond donors (Lipinski definition) is 0. The summed E-state index contributed by atoms with van der Waals surface area (Å²) in [5.41, 5.74) is 1.63. The fraction of sp³-hybridized carbons (Fsp3) is 0.600. The van der Waals surface area contributed by atoms with Crippen molar-refractivity contribution in [1.29, 1.82) is 0 Å². The minimum Gasteiger partial charge on any atom is -0.124 e. The summed E-state index contributed by atoms with van der Waals surface area (Å²) in [4.78, 5) is 0. The smallest absolute Gasteiger partial charge is 0.124 e. The fourth-order valence-electron chi connectivity index (χ4n) is 0.697. The minimum atomic E-state index is 0.926. The highest BCUT2D eigenvalue weighted by Gasteiger charge is 2.21. The molecule has 0 N–H and O–H groups in total. The Balaban J connectivity index is 2.44. The molecule has 0 amide bonds. The van der Waals surface area contributed by atoms with Crippen LogP contribution in [0.1, 0.15) is 13.3 Å². The third-order valence-corrected chi connectivity index (χ3v) is 1.39. The molecule has 1 rings (SSSR count). The Kier molecular flexibility index (Phi) is 0.757. The molecule has 1 unspecified atom stereocenters. The van der Waals surface area contributed by atoms with Gasteiger partial charge in [0.05, 0.1) is 0 Å². The van der Waals surface area contributed by atoms with Gasteiger partial charge in [-0.15, -0.1) is 5.98 Å². The lowest BCUT2D eigenvalue weighted by Gasteiger charge is -1.63. The monoisotopic (exact) mass is 80.1 g/mol. The summed E-state index contributed by atoms with van der Waals surface area (Å²) in [6.07, 6.45) is 1.36. The Labute approximate surface area is 39.7 Å². The quantitative estimate of drug-likeness (QED) is 0.372. The van der Waals surface area contributed by atoms with Crippen molar-refractivity contribution in [3.05, 3.63) is 11.5 Å². The molecule has 0 heterocycles. The second kappa shape index (κ2) is 1.14. The molecule has 1 aliphatic rings. The maximum atomic E-state index is 2.26. The molecule has 1 saturated carbocycles. The molecule has 0 nitrogen and oxygen atoms in total. The van der Waals surface area contributed by atoms with E-state index in [0.717, 1.165) is 5.92 Å². The van der Waals surface area contributed by atoms with Gasteiger partial charge in [0.2, 0.25) is 0 Å². The lowest BCUT2D eigenvalue weighted by atomic mass is 10.1. The molecule has 0 saturated heterocycles. The summed E-state index contributed by atoms with van der Waals surface area (Å²) in [5, 5.41) is 0. The molecule has 1 heteroatoms. The van der Waals surface area contributed by atoms with Gasteiger partial charge >= 0.3 is 0 Å². The standard InChI is InChI=1S/C5H9B/c1-4-2-5(4)3-6/h3-4H,2,6H2,1H3/b5-3+. The van der Waals surface area contributed by atoms with Crippen LogP contribution in [-0.4, -0.2) is 7.85 Å². The molecule has 0 aromatic heterocycles. The van der Waals surface area contributed by atoms with Crippen molar-refractivity contribution >= 4 is 7.85 Å². The summed E-state index contributed by atoms with van der Waals surface area (Å²) < 4.78 is 0. The Bertz CT molecular complexity index is 83.9. The van der Waals surface area contributed by atoms with Crippen molar-refractivity contribution in [2.24, 2.45) is 5.92 Å². The van der Waals surface area contributed by atoms with Gasteiger partial charge in [0.25, 0.3) is 0 Å². The van der Waals surface area contributed by atoms with E-state index in [9.17, 15) is 0 Å². The van der Waals surface area contributed by atoms with Gasteiger partial charge in [-0.3, -0.25) is 0 Å². The topological polar surface area (TPSA) is 0 Å². The summed E-state index contributed by atoms with van der Waals surface area (Å²) in [5.74, 6) is 3.14. The predicted molar refractivity (Wildman–Crippen MR) is 30.4 cm³/mol. The average molecular weight is 79.9 g/mol. The molecule has 0 aromatic carbocycles. The predicted octanol–water partition coefficient (Wildman–Crippen LogP) is 0.543. The van der Waals surface area contributed by atoms with E-state index < -0.39 is 0 Å². The van der Waals surface area contributed by atoms with Crippen molar-refractivity contribution in [1.82, 2.24) is 0 Å². The van der Waals surface area contributed by atoms with E-state index in [1.807, 2.05) is 0 Å². The van der Waals surface area contributed by atoms with E-state index in [1.54, 1.807) is 5.57 Å². The molecule has 0 aliphatic heterocycles. The third-order valence-electron chi connectivity index (χ3n) is 1.39. The van der Waals surface area contributed by atoms with E-state index in [2.05, 4.69) is 20.7 Å². The van der Waals surface area contributed by atoms with E-state index in [1.165, 1.54) is 6.42 Å². The largest absolute Gasteiger partial charge is 0.129 e. The van der Waals surface area contributed by atoms with E-state index >= 15 is 0 Å². The van der Waals surface area contributed by atoms with Crippen LogP contribution in [0, 0.1) is 5.92 Å². The van der Waals surface area contributed by atoms with Gasteiger partial charge in [-0.05, 0) is 12.3 Å². The second-order valence-electron chi connectivity index (χ2n) is 1.97. The molecular formula is C5H9B. The second-order valence-corrected chi connectivity index (χ2v) is 1.97. The lowest BCUT2D eigenvalue weighted by Crippen LogP contribution is -1.53. The zero-order valence-electron chi connectivity index (χ0n) is 4.36. The van der Waals surface area contributed by atoms with Crippen LogP contribution in [0.25, 0.3) is 0 Å². The van der Waals surface area contributed by atoms with E-state index in [4.69, 9.17) is 0 Å². The summed E-state index contributed by atoms with van der Waals surface area (Å²) in [7, 11) is 2.11. The van der Waals surface area contributed by atoms with Gasteiger partial charge in [0, 0.05) is 0 Å². The zero-order valence-corrected chi connectivity index (χ0v) is 4.36. The Morgan fingerprint density at radius 3 is 2.50 bits per heavy atom. The highest BCUT2D eigenvalue weighted by atomic mass is 14.3. The van der Waals surface area contributed by atoms with Crippen LogP contribution >= 0.6 is 0 Å². The summed E-state index contributed by atoms with van der Waals surface area (Å²) >= 11 is 0. The van der Waals surface area contributed by atoms with Crippen LogP contribution in [0.4, 0.5) is 0 Å². The maximum Gasteiger partial charge on any atom is 0.129 e. The van der Waals surface area contributed by atoms with Crippen LogP contribution < -0.4 is 0 Å². The normalized spacial score (nSPS) is 37.5. The first-order valence-electron chi connectivity index (χ1n) is 2.49. The molecule has 32 valence electrons. The van der Waals surface area contributed by atoms with Crippen molar-refractivity contribution in [2.75, 3.05) is 0 Å². The van der Waals surface area contributed by atoms with Gasteiger partial charge in [0.1, 0.15) is 7.85 Å².